The van der Waals surface area contributed by atoms with Crippen LogP contribution in [0, 0.1) is 0 Å². The van der Waals surface area contributed by atoms with Gasteiger partial charge in [-0.25, -0.2) is 0 Å². The molecule has 0 radical (unpaired) electrons. The second kappa shape index (κ2) is 4.88. The summed E-state index contributed by atoms with van der Waals surface area (Å²) in [4.78, 5) is 0. The van der Waals surface area contributed by atoms with Crippen LogP contribution in [-0.4, -0.2) is 9.52 Å². The minimum Gasteiger partial charge on any atom is -0.0633 e. The summed E-state index contributed by atoms with van der Waals surface area (Å²) < 4.78 is 0. The van der Waals surface area contributed by atoms with Crippen LogP contribution in [0.1, 0.15) is 26.3 Å². The molecule has 0 N–H and O–H groups in total. The molecule has 0 heterocycles. The normalized spacial score (nSPS) is 12.2. The van der Waals surface area contributed by atoms with Gasteiger partial charge in [-0.2, -0.15) is 0 Å². The van der Waals surface area contributed by atoms with Crippen molar-refractivity contribution in [3.63, 3.8) is 0 Å². The lowest BCUT2D eigenvalue weighted by molar-refractivity contribution is 0.590. The topological polar surface area (TPSA) is 0 Å². The van der Waals surface area contributed by atoms with Crippen molar-refractivity contribution in [2.24, 2.45) is 0 Å². The Morgan fingerprint density at radius 1 is 0.706 bits per heavy atom. The molecule has 0 atom stereocenters. The van der Waals surface area contributed by atoms with Crippen molar-refractivity contribution in [1.82, 2.24) is 0 Å². The van der Waals surface area contributed by atoms with Gasteiger partial charge in [0.15, 0.2) is 0 Å². The highest BCUT2D eigenvalue weighted by Crippen LogP contribution is 2.20. The summed E-state index contributed by atoms with van der Waals surface area (Å²) in [5.74, 6) is 0. The Balaban J connectivity index is 2.14. The van der Waals surface area contributed by atoms with Gasteiger partial charge in [0.25, 0.3) is 0 Å². The Morgan fingerprint density at radius 3 is 1.76 bits per heavy atom. The minimum absolute atomic E-state index is 0.257. The largest absolute Gasteiger partial charge is 0.0875 e. The first-order chi connectivity index (χ1) is 8.05. The van der Waals surface area contributed by atoms with Crippen LogP contribution in [0.5, 0.6) is 0 Å². The quantitative estimate of drug-likeness (QED) is 0.705. The van der Waals surface area contributed by atoms with Crippen molar-refractivity contribution >= 4 is 19.9 Å². The molecule has 0 aliphatic heterocycles. The van der Waals surface area contributed by atoms with Crippen LogP contribution in [0.25, 0.3) is 0 Å². The van der Waals surface area contributed by atoms with E-state index in [0.29, 0.717) is 0 Å². The summed E-state index contributed by atoms with van der Waals surface area (Å²) in [5, 5.41) is 3.03. The van der Waals surface area contributed by atoms with Crippen molar-refractivity contribution < 1.29 is 0 Å². The van der Waals surface area contributed by atoms with E-state index in [1.807, 2.05) is 0 Å². The molecule has 0 aromatic heterocycles. The first-order valence-electron chi connectivity index (χ1n) is 6.19. The average molecular weight is 240 g/mol. The Hall–Kier alpha value is -1.34. The molecule has 0 aliphatic rings. The molecule has 0 amide bonds. The van der Waals surface area contributed by atoms with Crippen LogP contribution >= 0.6 is 0 Å². The molecule has 0 bridgehead atoms. The molecular weight excluding hydrogens is 220 g/mol. The first kappa shape index (κ1) is 12.1. The van der Waals surface area contributed by atoms with Gasteiger partial charge in [0.05, 0.1) is 9.52 Å². The molecule has 2 aromatic carbocycles. The van der Waals surface area contributed by atoms with E-state index >= 15 is 0 Å². The lowest BCUT2D eigenvalue weighted by Crippen LogP contribution is -2.27. The maximum atomic E-state index is 2.31. The van der Waals surface area contributed by atoms with Crippen LogP contribution in [-0.2, 0) is 5.41 Å². The number of hydrogen-bond donors (Lipinski definition) is 0. The van der Waals surface area contributed by atoms with Crippen LogP contribution < -0.4 is 10.4 Å². The van der Waals surface area contributed by atoms with Gasteiger partial charge in [-0.1, -0.05) is 85.7 Å². The highest BCUT2D eigenvalue weighted by molar-refractivity contribution is 6.67. The standard InChI is InChI=1S/C16H20Si/c1-16(2,3)13-9-11-15(12-10-13)17-14-7-5-4-6-8-14/h4-12H,17H2,1-3H3. The molecule has 0 saturated heterocycles. The molecule has 0 nitrogen and oxygen atoms in total. The van der Waals surface area contributed by atoms with Crippen molar-refractivity contribution in [2.45, 2.75) is 26.2 Å². The molecule has 1 heteroatoms. The maximum Gasteiger partial charge on any atom is 0.0875 e. The zero-order valence-corrected chi connectivity index (χ0v) is 12.3. The zero-order chi connectivity index (χ0) is 12.3. The second-order valence-corrected chi connectivity index (χ2v) is 7.60. The van der Waals surface area contributed by atoms with Gasteiger partial charge in [-0.05, 0) is 11.0 Å². The van der Waals surface area contributed by atoms with Crippen molar-refractivity contribution in [1.29, 1.82) is 0 Å². The highest BCUT2D eigenvalue weighted by atomic mass is 28.2. The predicted octanol–water partition coefficient (Wildman–Crippen LogP) is 2.10. The van der Waals surface area contributed by atoms with E-state index < -0.39 is 0 Å². The highest BCUT2D eigenvalue weighted by Gasteiger charge is 2.12. The van der Waals surface area contributed by atoms with Gasteiger partial charge < -0.3 is 0 Å². The number of rotatable bonds is 2. The van der Waals surface area contributed by atoms with E-state index in [-0.39, 0.29) is 14.9 Å². The van der Waals surface area contributed by atoms with E-state index in [1.54, 1.807) is 0 Å². The van der Waals surface area contributed by atoms with Gasteiger partial charge in [-0.15, -0.1) is 0 Å². The van der Waals surface area contributed by atoms with Gasteiger partial charge in [-0.3, -0.25) is 0 Å². The molecule has 2 aromatic rings. The van der Waals surface area contributed by atoms with E-state index in [4.69, 9.17) is 0 Å². The third-order valence-electron chi connectivity index (χ3n) is 3.07. The van der Waals surface area contributed by atoms with Crippen molar-refractivity contribution in [3.8, 4) is 0 Å². The Labute approximate surface area is 107 Å². The molecular formula is C16H20Si. The minimum atomic E-state index is -0.294. The van der Waals surface area contributed by atoms with Crippen molar-refractivity contribution in [2.75, 3.05) is 0 Å². The van der Waals surface area contributed by atoms with Gasteiger partial charge in [0.1, 0.15) is 0 Å². The van der Waals surface area contributed by atoms with Crippen LogP contribution in [0.15, 0.2) is 54.6 Å². The molecule has 0 unspecified atom stereocenters. The smallest absolute Gasteiger partial charge is 0.0633 e. The summed E-state index contributed by atoms with van der Waals surface area (Å²) in [5.41, 5.74) is 1.68. The second-order valence-electron chi connectivity index (χ2n) is 5.61. The number of hydrogen-bond acceptors (Lipinski definition) is 0. The predicted molar refractivity (Wildman–Crippen MR) is 79.4 cm³/mol. The van der Waals surface area contributed by atoms with Gasteiger partial charge >= 0.3 is 0 Å². The summed E-state index contributed by atoms with van der Waals surface area (Å²) in [7, 11) is -0.294. The van der Waals surface area contributed by atoms with Gasteiger partial charge in [0.2, 0.25) is 0 Å². The summed E-state index contributed by atoms with van der Waals surface area (Å²) in [6, 6.07) is 20.0. The van der Waals surface area contributed by atoms with Crippen molar-refractivity contribution in [3.05, 3.63) is 60.2 Å². The molecule has 0 aliphatic carbocycles. The molecule has 17 heavy (non-hydrogen) atoms. The fraction of sp³-hybridized carbons (Fsp3) is 0.250. The zero-order valence-electron chi connectivity index (χ0n) is 10.9. The van der Waals surface area contributed by atoms with E-state index in [9.17, 15) is 0 Å². The third kappa shape index (κ3) is 3.30. The summed E-state index contributed by atoms with van der Waals surface area (Å²) in [6.07, 6.45) is 0. The van der Waals surface area contributed by atoms with E-state index in [1.165, 1.54) is 15.9 Å². The maximum absolute atomic E-state index is 2.31. The van der Waals surface area contributed by atoms with Crippen LogP contribution in [0.3, 0.4) is 0 Å². The fourth-order valence-corrected chi connectivity index (χ4v) is 3.40. The van der Waals surface area contributed by atoms with Crippen LogP contribution in [0.4, 0.5) is 0 Å². The molecule has 0 spiro atoms. The Kier molecular flexibility index (Phi) is 3.48. The molecule has 88 valence electrons. The lowest BCUT2D eigenvalue weighted by Gasteiger charge is -2.19. The molecule has 2 rings (SSSR count). The molecule has 0 saturated carbocycles. The van der Waals surface area contributed by atoms with E-state index in [0.717, 1.165) is 0 Å². The Morgan fingerprint density at radius 2 is 1.24 bits per heavy atom. The number of benzene rings is 2. The summed E-state index contributed by atoms with van der Waals surface area (Å²) in [6.45, 7) is 6.78. The Bertz CT molecular complexity index is 463. The third-order valence-corrected chi connectivity index (χ3v) is 4.83. The van der Waals surface area contributed by atoms with Gasteiger partial charge in [0, 0.05) is 0 Å². The van der Waals surface area contributed by atoms with Crippen LogP contribution in [0.2, 0.25) is 0 Å². The average Bonchev–Trinajstić information content (AvgIpc) is 2.30. The fourth-order valence-electron chi connectivity index (χ4n) is 1.95. The summed E-state index contributed by atoms with van der Waals surface area (Å²) >= 11 is 0. The lowest BCUT2D eigenvalue weighted by atomic mass is 9.87. The van der Waals surface area contributed by atoms with E-state index in [2.05, 4.69) is 75.4 Å². The first-order valence-corrected chi connectivity index (χ1v) is 7.60. The molecule has 0 fully saturated rings. The monoisotopic (exact) mass is 240 g/mol. The SMILES string of the molecule is CC(C)(C)c1ccc([SiH2]c2ccccc2)cc1.